The molecule has 0 radical (unpaired) electrons. The molecule has 2 rings (SSSR count). The van der Waals surface area contributed by atoms with Crippen LogP contribution in [0, 0.1) is 13.8 Å². The minimum absolute atomic E-state index is 0.0897. The Hall–Kier alpha value is -1.37. The highest BCUT2D eigenvalue weighted by molar-refractivity contribution is 7.05. The van der Waals surface area contributed by atoms with Crippen LogP contribution in [0.15, 0.2) is 18.3 Å². The van der Waals surface area contributed by atoms with Crippen molar-refractivity contribution >= 4 is 11.5 Å². The number of aryl methyl sites for hydroxylation is 2. The molecule has 0 spiro atoms. The van der Waals surface area contributed by atoms with E-state index in [1.165, 1.54) is 11.5 Å². The van der Waals surface area contributed by atoms with Gasteiger partial charge in [-0.1, -0.05) is 10.6 Å². The molecule has 0 bridgehead atoms. The van der Waals surface area contributed by atoms with E-state index < -0.39 is 0 Å². The van der Waals surface area contributed by atoms with Crippen molar-refractivity contribution in [2.75, 3.05) is 0 Å². The van der Waals surface area contributed by atoms with E-state index in [0.717, 1.165) is 21.8 Å². The van der Waals surface area contributed by atoms with E-state index in [0.29, 0.717) is 0 Å². The number of hydrogen-bond acceptors (Lipinski definition) is 6. The number of rotatable bonds is 3. The number of aromatic nitrogens is 3. The summed E-state index contributed by atoms with van der Waals surface area (Å²) in [4.78, 5) is 5.28. The zero-order chi connectivity index (χ0) is 11.5. The van der Waals surface area contributed by atoms with E-state index in [4.69, 9.17) is 5.84 Å². The molecule has 1 atom stereocenters. The average Bonchev–Trinajstić information content (AvgIpc) is 2.69. The third-order valence-corrected chi connectivity index (χ3v) is 3.27. The first-order valence-corrected chi connectivity index (χ1v) is 5.67. The highest BCUT2D eigenvalue weighted by Crippen LogP contribution is 2.25. The first-order chi connectivity index (χ1) is 7.72. The van der Waals surface area contributed by atoms with Crippen molar-refractivity contribution in [1.29, 1.82) is 0 Å². The second-order valence-electron chi connectivity index (χ2n) is 3.56. The van der Waals surface area contributed by atoms with Crippen LogP contribution in [-0.4, -0.2) is 14.6 Å². The van der Waals surface area contributed by atoms with Crippen LogP contribution >= 0.6 is 11.5 Å². The lowest BCUT2D eigenvalue weighted by Gasteiger charge is -2.14. The van der Waals surface area contributed by atoms with Gasteiger partial charge in [-0.25, -0.2) is 5.43 Å². The van der Waals surface area contributed by atoms with Crippen LogP contribution in [0.4, 0.5) is 0 Å². The van der Waals surface area contributed by atoms with E-state index in [9.17, 15) is 0 Å². The molecule has 0 saturated carbocycles. The Balaban J connectivity index is 2.37. The lowest BCUT2D eigenvalue weighted by molar-refractivity contribution is 0.639. The number of pyridine rings is 1. The highest BCUT2D eigenvalue weighted by atomic mass is 32.1. The Morgan fingerprint density at radius 3 is 2.69 bits per heavy atom. The average molecular weight is 235 g/mol. The third kappa shape index (κ3) is 2.08. The van der Waals surface area contributed by atoms with Crippen LogP contribution in [0.3, 0.4) is 0 Å². The van der Waals surface area contributed by atoms with Crippen LogP contribution in [0.2, 0.25) is 0 Å². The van der Waals surface area contributed by atoms with Crippen LogP contribution in [0.1, 0.15) is 27.9 Å². The Morgan fingerprint density at radius 1 is 1.38 bits per heavy atom. The van der Waals surface area contributed by atoms with Gasteiger partial charge < -0.3 is 0 Å². The lowest BCUT2D eigenvalue weighted by Crippen LogP contribution is -2.28. The quantitative estimate of drug-likeness (QED) is 0.615. The minimum Gasteiger partial charge on any atom is -0.271 e. The lowest BCUT2D eigenvalue weighted by atomic mass is 10.1. The molecule has 16 heavy (non-hydrogen) atoms. The van der Waals surface area contributed by atoms with Gasteiger partial charge in [-0.2, -0.15) is 0 Å². The van der Waals surface area contributed by atoms with Gasteiger partial charge in [-0.05, 0) is 37.0 Å². The van der Waals surface area contributed by atoms with E-state index in [2.05, 4.69) is 20.0 Å². The molecule has 3 N–H and O–H groups in total. The molecule has 0 saturated heterocycles. The molecule has 5 nitrogen and oxygen atoms in total. The normalized spacial score (nSPS) is 12.7. The van der Waals surface area contributed by atoms with Crippen molar-refractivity contribution in [3.8, 4) is 0 Å². The highest BCUT2D eigenvalue weighted by Gasteiger charge is 2.17. The van der Waals surface area contributed by atoms with E-state index in [-0.39, 0.29) is 6.04 Å². The molecule has 6 heteroatoms. The topological polar surface area (TPSA) is 76.7 Å². The zero-order valence-corrected chi connectivity index (χ0v) is 9.95. The number of nitrogens with two attached hydrogens (primary N) is 1. The maximum absolute atomic E-state index is 5.58. The standard InChI is InChI=1S/C10H13N5S/c1-6-3-4-8(5-12-6)9(13-11)10-7(2)14-15-16-10/h3-5,9,13H,11H2,1-2H3. The van der Waals surface area contributed by atoms with Gasteiger partial charge >= 0.3 is 0 Å². The summed E-state index contributed by atoms with van der Waals surface area (Å²) in [6, 6.07) is 3.88. The maximum atomic E-state index is 5.58. The third-order valence-electron chi connectivity index (χ3n) is 2.38. The summed E-state index contributed by atoms with van der Waals surface area (Å²) in [5, 5.41) is 3.98. The molecular formula is C10H13N5S. The molecule has 0 aliphatic heterocycles. The minimum atomic E-state index is -0.0897. The molecule has 0 amide bonds. The van der Waals surface area contributed by atoms with Crippen molar-refractivity contribution in [3.05, 3.63) is 40.2 Å². The van der Waals surface area contributed by atoms with E-state index in [1.807, 2.05) is 32.2 Å². The first kappa shape index (κ1) is 11.1. The van der Waals surface area contributed by atoms with Crippen LogP contribution < -0.4 is 11.3 Å². The summed E-state index contributed by atoms with van der Waals surface area (Å²) in [5.74, 6) is 5.58. The number of nitrogens with one attached hydrogen (secondary N) is 1. The summed E-state index contributed by atoms with van der Waals surface area (Å²) >= 11 is 1.35. The monoisotopic (exact) mass is 235 g/mol. The molecule has 0 aliphatic rings. The summed E-state index contributed by atoms with van der Waals surface area (Å²) in [6.07, 6.45) is 1.82. The van der Waals surface area contributed by atoms with Crippen molar-refractivity contribution in [2.24, 2.45) is 5.84 Å². The second kappa shape index (κ2) is 4.65. The molecule has 2 aromatic rings. The van der Waals surface area contributed by atoms with Gasteiger partial charge in [0.1, 0.15) is 0 Å². The van der Waals surface area contributed by atoms with Crippen molar-refractivity contribution < 1.29 is 0 Å². The molecule has 0 fully saturated rings. The fourth-order valence-electron chi connectivity index (χ4n) is 1.48. The van der Waals surface area contributed by atoms with Gasteiger partial charge in [-0.3, -0.25) is 10.8 Å². The van der Waals surface area contributed by atoms with Crippen molar-refractivity contribution in [3.63, 3.8) is 0 Å². The molecule has 2 heterocycles. The fraction of sp³-hybridized carbons (Fsp3) is 0.300. The Morgan fingerprint density at radius 2 is 2.19 bits per heavy atom. The molecule has 0 aliphatic carbocycles. The summed E-state index contributed by atoms with van der Waals surface area (Å²) < 4.78 is 3.91. The maximum Gasteiger partial charge on any atom is 0.0852 e. The molecule has 84 valence electrons. The number of hydrazine groups is 1. The van der Waals surface area contributed by atoms with Gasteiger partial charge in [0.15, 0.2) is 0 Å². The number of nitrogens with zero attached hydrogens (tertiary/aromatic N) is 3. The van der Waals surface area contributed by atoms with Crippen LogP contribution in [-0.2, 0) is 0 Å². The summed E-state index contributed by atoms with van der Waals surface area (Å²) in [7, 11) is 0. The van der Waals surface area contributed by atoms with Gasteiger partial charge in [0.2, 0.25) is 0 Å². The predicted molar refractivity (Wildman–Crippen MR) is 62.8 cm³/mol. The molecule has 0 aromatic carbocycles. The molecule has 1 unspecified atom stereocenters. The smallest absolute Gasteiger partial charge is 0.0852 e. The number of hydrogen-bond donors (Lipinski definition) is 2. The second-order valence-corrected chi connectivity index (χ2v) is 4.34. The van der Waals surface area contributed by atoms with Crippen molar-refractivity contribution in [2.45, 2.75) is 19.9 Å². The van der Waals surface area contributed by atoms with Gasteiger partial charge in [0, 0.05) is 11.9 Å². The molecular weight excluding hydrogens is 222 g/mol. The SMILES string of the molecule is Cc1ccc(C(NN)c2snnc2C)cn1. The van der Waals surface area contributed by atoms with Crippen molar-refractivity contribution in [1.82, 2.24) is 20.0 Å². The van der Waals surface area contributed by atoms with Gasteiger partial charge in [0.25, 0.3) is 0 Å². The largest absolute Gasteiger partial charge is 0.271 e. The zero-order valence-electron chi connectivity index (χ0n) is 9.14. The Bertz CT molecular complexity index is 464. The predicted octanol–water partition coefficient (Wildman–Crippen LogP) is 1.10. The molecule has 2 aromatic heterocycles. The van der Waals surface area contributed by atoms with Gasteiger partial charge in [0.05, 0.1) is 16.6 Å². The fourth-order valence-corrected chi connectivity index (χ4v) is 2.21. The van der Waals surface area contributed by atoms with E-state index >= 15 is 0 Å². The summed E-state index contributed by atoms with van der Waals surface area (Å²) in [6.45, 7) is 3.87. The first-order valence-electron chi connectivity index (χ1n) is 4.90. The van der Waals surface area contributed by atoms with E-state index in [1.54, 1.807) is 0 Å². The van der Waals surface area contributed by atoms with Crippen LogP contribution in [0.5, 0.6) is 0 Å². The summed E-state index contributed by atoms with van der Waals surface area (Å²) in [5.41, 5.74) is 5.67. The Labute approximate surface area is 97.9 Å². The van der Waals surface area contributed by atoms with Gasteiger partial charge in [-0.15, -0.1) is 5.10 Å². The van der Waals surface area contributed by atoms with Crippen LogP contribution in [0.25, 0.3) is 0 Å². The Kier molecular flexibility index (Phi) is 3.23.